The SMILES string of the molecule is CCCc1nnn(CC(=O)C(CC)NC(=O)OCc2ccccc2)n1. The Hall–Kier alpha value is -2.77. The van der Waals surface area contributed by atoms with Crippen molar-refractivity contribution >= 4 is 11.9 Å². The van der Waals surface area contributed by atoms with Gasteiger partial charge in [-0.2, -0.15) is 4.80 Å². The number of aromatic nitrogens is 4. The number of benzene rings is 1. The first-order valence-electron chi connectivity index (χ1n) is 8.39. The molecule has 2 rings (SSSR count). The van der Waals surface area contributed by atoms with Gasteiger partial charge in [0.1, 0.15) is 13.2 Å². The zero-order chi connectivity index (χ0) is 18.1. The van der Waals surface area contributed by atoms with Crippen LogP contribution in [0.1, 0.15) is 38.1 Å². The maximum absolute atomic E-state index is 12.3. The molecule has 1 atom stereocenters. The highest BCUT2D eigenvalue weighted by Gasteiger charge is 2.21. The van der Waals surface area contributed by atoms with Gasteiger partial charge in [0.05, 0.1) is 6.04 Å². The first-order chi connectivity index (χ1) is 12.1. The van der Waals surface area contributed by atoms with Gasteiger partial charge in [-0.25, -0.2) is 4.79 Å². The van der Waals surface area contributed by atoms with Gasteiger partial charge in [-0.15, -0.1) is 10.2 Å². The second kappa shape index (κ2) is 9.51. The molecule has 8 nitrogen and oxygen atoms in total. The molecule has 0 aliphatic heterocycles. The van der Waals surface area contributed by atoms with Crippen molar-refractivity contribution in [3.8, 4) is 0 Å². The lowest BCUT2D eigenvalue weighted by Gasteiger charge is -2.15. The zero-order valence-corrected chi connectivity index (χ0v) is 14.5. The predicted octanol–water partition coefficient (Wildman–Crippen LogP) is 1.90. The minimum Gasteiger partial charge on any atom is -0.445 e. The Morgan fingerprint density at radius 2 is 2.00 bits per heavy atom. The molecule has 0 aliphatic carbocycles. The van der Waals surface area contributed by atoms with Crippen molar-refractivity contribution < 1.29 is 14.3 Å². The fraction of sp³-hybridized carbons (Fsp3) is 0.471. The van der Waals surface area contributed by atoms with E-state index in [0.717, 1.165) is 18.4 Å². The van der Waals surface area contributed by atoms with Crippen molar-refractivity contribution in [2.45, 2.75) is 52.3 Å². The largest absolute Gasteiger partial charge is 0.445 e. The van der Waals surface area contributed by atoms with Crippen LogP contribution in [-0.4, -0.2) is 38.1 Å². The van der Waals surface area contributed by atoms with Gasteiger partial charge in [0, 0.05) is 6.42 Å². The van der Waals surface area contributed by atoms with Crippen LogP contribution in [-0.2, 0) is 29.1 Å². The van der Waals surface area contributed by atoms with E-state index in [2.05, 4.69) is 20.7 Å². The summed E-state index contributed by atoms with van der Waals surface area (Å²) in [6.45, 7) is 3.96. The van der Waals surface area contributed by atoms with Gasteiger partial charge in [0.25, 0.3) is 0 Å². The van der Waals surface area contributed by atoms with Gasteiger partial charge < -0.3 is 10.1 Å². The number of Topliss-reactive ketones (excluding diaryl/α,β-unsaturated/α-hetero) is 1. The van der Waals surface area contributed by atoms with Crippen molar-refractivity contribution in [3.63, 3.8) is 0 Å². The predicted molar refractivity (Wildman–Crippen MR) is 90.7 cm³/mol. The van der Waals surface area contributed by atoms with Crippen LogP contribution in [0.4, 0.5) is 4.79 Å². The van der Waals surface area contributed by atoms with Crippen LogP contribution in [0.5, 0.6) is 0 Å². The number of ether oxygens (including phenoxy) is 1. The topological polar surface area (TPSA) is 99.0 Å². The number of hydrogen-bond donors (Lipinski definition) is 1. The molecule has 0 bridgehead atoms. The van der Waals surface area contributed by atoms with Crippen LogP contribution in [0, 0.1) is 0 Å². The monoisotopic (exact) mass is 345 g/mol. The minimum absolute atomic E-state index is 0.0335. The summed E-state index contributed by atoms with van der Waals surface area (Å²) in [6.07, 6.45) is 1.46. The van der Waals surface area contributed by atoms with Crippen LogP contribution in [0.2, 0.25) is 0 Å². The Bertz CT molecular complexity index is 687. The molecule has 2 aromatic rings. The van der Waals surface area contributed by atoms with Crippen LogP contribution in [0.25, 0.3) is 0 Å². The van der Waals surface area contributed by atoms with Gasteiger partial charge in [0.15, 0.2) is 11.6 Å². The first kappa shape index (κ1) is 18.6. The van der Waals surface area contributed by atoms with Gasteiger partial charge in [-0.3, -0.25) is 4.79 Å². The molecule has 0 saturated carbocycles. The number of amides is 1. The molecule has 25 heavy (non-hydrogen) atoms. The fourth-order valence-corrected chi connectivity index (χ4v) is 2.23. The number of nitrogens with zero attached hydrogens (tertiary/aromatic N) is 4. The highest BCUT2D eigenvalue weighted by atomic mass is 16.5. The molecular formula is C17H23N5O3. The number of aryl methyl sites for hydroxylation is 1. The molecule has 0 radical (unpaired) electrons. The van der Waals surface area contributed by atoms with Crippen LogP contribution in [0.3, 0.4) is 0 Å². The molecule has 0 aliphatic rings. The summed E-state index contributed by atoms with van der Waals surface area (Å²) < 4.78 is 5.14. The standard InChI is InChI=1S/C17H23N5O3/c1-3-8-16-19-21-22(20-16)11-15(23)14(4-2)18-17(24)25-12-13-9-6-5-7-10-13/h5-7,9-10,14H,3-4,8,11-12H2,1-2H3,(H,18,24). The molecule has 1 aromatic heterocycles. The smallest absolute Gasteiger partial charge is 0.408 e. The Morgan fingerprint density at radius 3 is 2.68 bits per heavy atom. The summed E-state index contributed by atoms with van der Waals surface area (Å²) >= 11 is 0. The van der Waals surface area contributed by atoms with Gasteiger partial charge in [0.2, 0.25) is 0 Å². The number of rotatable bonds is 9. The third kappa shape index (κ3) is 5.98. The molecule has 1 heterocycles. The Balaban J connectivity index is 1.83. The fourth-order valence-electron chi connectivity index (χ4n) is 2.23. The van der Waals surface area contributed by atoms with E-state index in [1.54, 1.807) is 0 Å². The van der Waals surface area contributed by atoms with Crippen molar-refractivity contribution in [2.24, 2.45) is 0 Å². The lowest BCUT2D eigenvalue weighted by atomic mass is 10.1. The van der Waals surface area contributed by atoms with Crippen molar-refractivity contribution in [3.05, 3.63) is 41.7 Å². The Kier molecular flexibility index (Phi) is 7.06. The quantitative estimate of drug-likeness (QED) is 0.745. The average Bonchev–Trinajstić information content (AvgIpc) is 3.06. The second-order valence-electron chi connectivity index (χ2n) is 5.62. The highest BCUT2D eigenvalue weighted by Crippen LogP contribution is 2.02. The number of tetrazole rings is 1. The summed E-state index contributed by atoms with van der Waals surface area (Å²) in [7, 11) is 0. The first-order valence-corrected chi connectivity index (χ1v) is 8.39. The molecule has 0 spiro atoms. The molecule has 1 N–H and O–H groups in total. The van der Waals surface area contributed by atoms with E-state index in [-0.39, 0.29) is 18.9 Å². The molecule has 0 saturated heterocycles. The molecule has 134 valence electrons. The summed E-state index contributed by atoms with van der Waals surface area (Å²) in [6, 6.07) is 8.70. The number of ketones is 1. The van der Waals surface area contributed by atoms with E-state index in [1.165, 1.54) is 4.80 Å². The summed E-state index contributed by atoms with van der Waals surface area (Å²) in [4.78, 5) is 25.5. The van der Waals surface area contributed by atoms with Crippen molar-refractivity contribution in [1.29, 1.82) is 0 Å². The molecule has 1 aromatic carbocycles. The van der Waals surface area contributed by atoms with Crippen LogP contribution >= 0.6 is 0 Å². The minimum atomic E-state index is -0.649. The van der Waals surface area contributed by atoms with E-state index in [1.807, 2.05) is 44.2 Å². The second-order valence-corrected chi connectivity index (χ2v) is 5.62. The lowest BCUT2D eigenvalue weighted by Crippen LogP contribution is -2.42. The van der Waals surface area contributed by atoms with Crippen molar-refractivity contribution in [1.82, 2.24) is 25.5 Å². The van der Waals surface area contributed by atoms with Crippen LogP contribution in [0.15, 0.2) is 30.3 Å². The summed E-state index contributed by atoms with van der Waals surface area (Å²) in [5, 5.41) is 14.5. The van der Waals surface area contributed by atoms with E-state index >= 15 is 0 Å². The molecule has 0 fully saturated rings. The number of hydrogen-bond acceptors (Lipinski definition) is 6. The van der Waals surface area contributed by atoms with Gasteiger partial charge >= 0.3 is 6.09 Å². The zero-order valence-electron chi connectivity index (χ0n) is 14.5. The van der Waals surface area contributed by atoms with E-state index in [9.17, 15) is 9.59 Å². The normalized spacial score (nSPS) is 11.8. The molecular weight excluding hydrogens is 322 g/mol. The van der Waals surface area contributed by atoms with Crippen molar-refractivity contribution in [2.75, 3.05) is 0 Å². The molecule has 8 heteroatoms. The van der Waals surface area contributed by atoms with E-state index in [0.29, 0.717) is 12.2 Å². The molecule has 1 unspecified atom stereocenters. The maximum atomic E-state index is 12.3. The average molecular weight is 345 g/mol. The number of carbonyl (C=O) groups is 2. The number of carbonyl (C=O) groups excluding carboxylic acids is 2. The van der Waals surface area contributed by atoms with Crippen LogP contribution < -0.4 is 5.32 Å². The Morgan fingerprint density at radius 1 is 1.24 bits per heavy atom. The Labute approximate surface area is 146 Å². The van der Waals surface area contributed by atoms with Gasteiger partial charge in [-0.05, 0) is 23.6 Å². The highest BCUT2D eigenvalue weighted by molar-refractivity contribution is 5.87. The lowest BCUT2D eigenvalue weighted by molar-refractivity contribution is -0.122. The summed E-state index contributed by atoms with van der Waals surface area (Å²) in [5.41, 5.74) is 0.882. The number of alkyl carbamates (subject to hydrolysis) is 1. The number of nitrogens with one attached hydrogen (secondary N) is 1. The third-order valence-electron chi connectivity index (χ3n) is 3.57. The van der Waals surface area contributed by atoms with E-state index < -0.39 is 12.1 Å². The maximum Gasteiger partial charge on any atom is 0.408 e. The third-order valence-corrected chi connectivity index (χ3v) is 3.57. The molecule has 1 amide bonds. The summed E-state index contributed by atoms with van der Waals surface area (Å²) in [5.74, 6) is 0.415. The van der Waals surface area contributed by atoms with Gasteiger partial charge in [-0.1, -0.05) is 44.2 Å². The van der Waals surface area contributed by atoms with E-state index in [4.69, 9.17) is 4.74 Å².